The highest BCUT2D eigenvalue weighted by Gasteiger charge is 2.36. The second-order valence-electron chi connectivity index (χ2n) is 6.89. The van der Waals surface area contributed by atoms with Crippen LogP contribution in [-0.4, -0.2) is 46.1 Å². The lowest BCUT2D eigenvalue weighted by molar-refractivity contribution is -0.384. The first-order valence-electron chi connectivity index (χ1n) is 8.44. The topological polar surface area (TPSA) is 95.7 Å². The van der Waals surface area contributed by atoms with Gasteiger partial charge in [0.15, 0.2) is 0 Å². The molecule has 0 aromatic heterocycles. The van der Waals surface area contributed by atoms with Crippen LogP contribution in [0.3, 0.4) is 0 Å². The molecular formula is C17H23N3O4. The highest BCUT2D eigenvalue weighted by atomic mass is 16.6. The van der Waals surface area contributed by atoms with E-state index in [0.717, 1.165) is 24.9 Å². The number of nitro benzene ring substituents is 1. The monoisotopic (exact) mass is 333 g/mol. The molecule has 0 radical (unpaired) electrons. The lowest BCUT2D eigenvalue weighted by Crippen LogP contribution is -2.54. The molecule has 2 aliphatic rings. The molecule has 3 rings (SSSR count). The van der Waals surface area contributed by atoms with Gasteiger partial charge in [-0.05, 0) is 37.2 Å². The Bertz CT molecular complexity index is 594. The summed E-state index contributed by atoms with van der Waals surface area (Å²) in [5, 5.41) is 23.1. The van der Waals surface area contributed by atoms with Crippen LogP contribution in [0.5, 0.6) is 0 Å². The van der Waals surface area contributed by atoms with Crippen LogP contribution in [0.1, 0.15) is 31.2 Å². The number of benzene rings is 1. The third-order valence-corrected chi connectivity index (χ3v) is 4.90. The van der Waals surface area contributed by atoms with Crippen LogP contribution >= 0.6 is 0 Å². The first-order chi connectivity index (χ1) is 11.5. The van der Waals surface area contributed by atoms with Gasteiger partial charge in [0.2, 0.25) is 0 Å². The fraction of sp³-hybridized carbons (Fsp3) is 0.588. The molecule has 1 aromatic rings. The van der Waals surface area contributed by atoms with Gasteiger partial charge in [-0.25, -0.2) is 0 Å². The molecule has 2 N–H and O–H groups in total. The van der Waals surface area contributed by atoms with Crippen molar-refractivity contribution in [3.05, 3.63) is 39.9 Å². The predicted molar refractivity (Wildman–Crippen MR) is 88.7 cm³/mol. The Morgan fingerprint density at radius 1 is 1.29 bits per heavy atom. The van der Waals surface area contributed by atoms with Crippen LogP contribution in [0.4, 0.5) is 5.69 Å². The summed E-state index contributed by atoms with van der Waals surface area (Å²) in [7, 11) is 0. The van der Waals surface area contributed by atoms with E-state index >= 15 is 0 Å². The molecule has 0 amide bonds. The summed E-state index contributed by atoms with van der Waals surface area (Å²) in [6.45, 7) is 1.72. The number of rotatable bonds is 9. The van der Waals surface area contributed by atoms with Gasteiger partial charge in [0.1, 0.15) is 0 Å². The number of carbonyl (C=O) groups is 1. The number of aliphatic carboxylic acids is 1. The van der Waals surface area contributed by atoms with Gasteiger partial charge in [0, 0.05) is 37.3 Å². The van der Waals surface area contributed by atoms with E-state index in [1.165, 1.54) is 25.0 Å². The average Bonchev–Trinajstić information content (AvgIpc) is 3.29. The molecule has 7 nitrogen and oxygen atoms in total. The molecule has 2 fully saturated rings. The van der Waals surface area contributed by atoms with Crippen molar-refractivity contribution < 1.29 is 14.8 Å². The number of nitro groups is 1. The Labute approximate surface area is 140 Å². The fourth-order valence-corrected chi connectivity index (χ4v) is 3.20. The molecule has 0 unspecified atom stereocenters. The van der Waals surface area contributed by atoms with Crippen LogP contribution in [-0.2, 0) is 11.3 Å². The van der Waals surface area contributed by atoms with Crippen LogP contribution in [0.25, 0.3) is 0 Å². The van der Waals surface area contributed by atoms with Gasteiger partial charge in [-0.15, -0.1) is 0 Å². The quantitative estimate of drug-likeness (QED) is 0.530. The summed E-state index contributed by atoms with van der Waals surface area (Å²) in [5.41, 5.74) is 1.12. The number of carboxylic acids is 1. The zero-order chi connectivity index (χ0) is 17.1. The van der Waals surface area contributed by atoms with E-state index in [1.807, 2.05) is 0 Å². The normalized spacial score (nSPS) is 23.0. The van der Waals surface area contributed by atoms with Crippen molar-refractivity contribution in [2.24, 2.45) is 5.92 Å². The molecule has 2 saturated carbocycles. The number of non-ortho nitro benzene ring substituents is 1. The van der Waals surface area contributed by atoms with E-state index in [4.69, 9.17) is 5.11 Å². The summed E-state index contributed by atoms with van der Waals surface area (Å²) >= 11 is 0. The molecule has 0 spiro atoms. The maximum atomic E-state index is 11.0. The van der Waals surface area contributed by atoms with Crippen molar-refractivity contribution in [3.8, 4) is 0 Å². The fourth-order valence-electron chi connectivity index (χ4n) is 3.20. The van der Waals surface area contributed by atoms with Crippen molar-refractivity contribution in [1.29, 1.82) is 0 Å². The molecule has 24 heavy (non-hydrogen) atoms. The number of carboxylic acid groups (broad SMARTS) is 1. The first-order valence-corrected chi connectivity index (χ1v) is 8.44. The molecule has 130 valence electrons. The van der Waals surface area contributed by atoms with Gasteiger partial charge in [0.25, 0.3) is 5.69 Å². The molecule has 0 bridgehead atoms. The highest BCUT2D eigenvalue weighted by Crippen LogP contribution is 2.33. The Morgan fingerprint density at radius 2 is 1.96 bits per heavy atom. The maximum Gasteiger partial charge on any atom is 0.317 e. The number of hydrogen-bond donors (Lipinski definition) is 2. The number of hydrogen-bond acceptors (Lipinski definition) is 5. The first kappa shape index (κ1) is 16.9. The standard InChI is InChI=1S/C17H23N3O4/c21-17(22)11-19(10-13-1-2-13)16-7-14(8-16)18-9-12-3-5-15(6-4-12)20(23)24/h3-6,13-14,16,18H,1-2,7-11H2,(H,21,22). The minimum Gasteiger partial charge on any atom is -0.480 e. The Morgan fingerprint density at radius 3 is 2.50 bits per heavy atom. The Hall–Kier alpha value is -1.99. The zero-order valence-electron chi connectivity index (χ0n) is 13.6. The van der Waals surface area contributed by atoms with E-state index in [-0.39, 0.29) is 12.2 Å². The van der Waals surface area contributed by atoms with Crippen molar-refractivity contribution in [3.63, 3.8) is 0 Å². The largest absolute Gasteiger partial charge is 0.480 e. The zero-order valence-corrected chi connectivity index (χ0v) is 13.6. The van der Waals surface area contributed by atoms with E-state index in [0.29, 0.717) is 24.5 Å². The second-order valence-corrected chi connectivity index (χ2v) is 6.89. The predicted octanol–water partition coefficient (Wildman–Crippen LogP) is 2.01. The molecular weight excluding hydrogens is 310 g/mol. The second kappa shape index (κ2) is 7.27. The molecule has 7 heteroatoms. The Kier molecular flexibility index (Phi) is 5.11. The molecule has 0 aliphatic heterocycles. The Balaban J connectivity index is 1.42. The van der Waals surface area contributed by atoms with Gasteiger partial charge in [-0.1, -0.05) is 12.1 Å². The van der Waals surface area contributed by atoms with Crippen LogP contribution in [0.15, 0.2) is 24.3 Å². The van der Waals surface area contributed by atoms with Gasteiger partial charge in [-0.2, -0.15) is 0 Å². The van der Waals surface area contributed by atoms with E-state index in [2.05, 4.69) is 10.2 Å². The third-order valence-electron chi connectivity index (χ3n) is 4.90. The maximum absolute atomic E-state index is 11.0. The summed E-state index contributed by atoms with van der Waals surface area (Å²) in [6, 6.07) is 7.32. The third kappa shape index (κ3) is 4.52. The molecule has 0 saturated heterocycles. The summed E-state index contributed by atoms with van der Waals surface area (Å²) < 4.78 is 0. The van der Waals surface area contributed by atoms with E-state index < -0.39 is 10.9 Å². The van der Waals surface area contributed by atoms with Crippen molar-refractivity contribution >= 4 is 11.7 Å². The van der Waals surface area contributed by atoms with Gasteiger partial charge in [-0.3, -0.25) is 19.8 Å². The molecule has 0 heterocycles. The molecule has 1 aromatic carbocycles. The average molecular weight is 333 g/mol. The molecule has 2 aliphatic carbocycles. The summed E-state index contributed by atoms with van der Waals surface area (Å²) in [5.74, 6) is -0.0607. The van der Waals surface area contributed by atoms with E-state index in [9.17, 15) is 14.9 Å². The van der Waals surface area contributed by atoms with Gasteiger partial charge < -0.3 is 10.4 Å². The van der Waals surface area contributed by atoms with E-state index in [1.54, 1.807) is 12.1 Å². The number of nitrogens with zero attached hydrogens (tertiary/aromatic N) is 2. The smallest absolute Gasteiger partial charge is 0.317 e. The highest BCUT2D eigenvalue weighted by molar-refractivity contribution is 5.69. The van der Waals surface area contributed by atoms with Crippen LogP contribution in [0, 0.1) is 16.0 Å². The van der Waals surface area contributed by atoms with Crippen LogP contribution in [0.2, 0.25) is 0 Å². The van der Waals surface area contributed by atoms with Gasteiger partial charge in [0.05, 0.1) is 11.5 Å². The minimum atomic E-state index is -0.752. The molecule has 0 atom stereocenters. The summed E-state index contributed by atoms with van der Waals surface area (Å²) in [4.78, 5) is 23.4. The van der Waals surface area contributed by atoms with Gasteiger partial charge >= 0.3 is 5.97 Å². The van der Waals surface area contributed by atoms with Crippen molar-refractivity contribution in [2.45, 2.75) is 44.3 Å². The SMILES string of the molecule is O=C(O)CN(CC1CC1)C1CC(NCc2ccc([N+](=O)[O-])cc2)C1. The minimum absolute atomic E-state index is 0.104. The van der Waals surface area contributed by atoms with Crippen molar-refractivity contribution in [1.82, 2.24) is 10.2 Å². The van der Waals surface area contributed by atoms with Crippen molar-refractivity contribution in [2.75, 3.05) is 13.1 Å². The lowest BCUT2D eigenvalue weighted by Gasteiger charge is -2.43. The summed E-state index contributed by atoms with van der Waals surface area (Å²) in [6.07, 6.45) is 4.38. The lowest BCUT2D eigenvalue weighted by atomic mass is 9.85. The van der Waals surface area contributed by atoms with Crippen LogP contribution < -0.4 is 5.32 Å². The number of nitrogens with one attached hydrogen (secondary N) is 1.